The zero-order valence-electron chi connectivity index (χ0n) is 77.2. The van der Waals surface area contributed by atoms with Gasteiger partial charge < -0.3 is 62.4 Å². The fourth-order valence-corrected chi connectivity index (χ4v) is 13.3. The number of nitrogens with one attached hydrogen (secondary N) is 1. The van der Waals surface area contributed by atoms with E-state index >= 15 is 0 Å². The second kappa shape index (κ2) is 44.5. The maximum Gasteiger partial charge on any atom is 0.337 e. The fraction of sp³-hybridized carbons (Fsp3) is 0.207. The Balaban J connectivity index is 0.000000172. The van der Waals surface area contributed by atoms with Crippen molar-refractivity contribution in [3.8, 4) is 86.1 Å². The van der Waals surface area contributed by atoms with Gasteiger partial charge in [0.1, 0.15) is 123 Å². The van der Waals surface area contributed by atoms with Crippen molar-refractivity contribution in [2.45, 2.75) is 67.4 Å². The van der Waals surface area contributed by atoms with Crippen LogP contribution in [0.2, 0.25) is 5.15 Å². The van der Waals surface area contributed by atoms with Crippen LogP contribution in [0.3, 0.4) is 0 Å². The first-order valence-electron chi connectivity index (χ1n) is 42.6. The van der Waals surface area contributed by atoms with Crippen LogP contribution >= 0.6 is 11.6 Å². The molecule has 0 atom stereocenters. The molecule has 125 heavy (non-hydrogen) atoms. The first-order valence-corrected chi connectivity index (χ1v) is 40.6. The number of sulfone groups is 2. The molecule has 2 saturated heterocycles. The summed E-state index contributed by atoms with van der Waals surface area (Å²) in [5.41, 5.74) is 6.55. The zero-order chi connectivity index (χ0) is 99.7. The van der Waals surface area contributed by atoms with Gasteiger partial charge in [-0.05, 0) is 186 Å². The average Bonchev–Trinajstić information content (AvgIpc) is 1.66. The summed E-state index contributed by atoms with van der Waals surface area (Å²) < 4.78 is 241. The third-order valence-electron chi connectivity index (χ3n) is 17.6. The minimum atomic E-state index is -3.11. The number of aryl methyl sites for hydroxylation is 5. The number of nitriles is 2. The van der Waals surface area contributed by atoms with Gasteiger partial charge in [0.05, 0.1) is 75.2 Å². The van der Waals surface area contributed by atoms with Gasteiger partial charge in [-0.25, -0.2) is 63.5 Å². The van der Waals surface area contributed by atoms with E-state index in [2.05, 4.69) is 51.0 Å². The molecule has 14 aromatic rings. The lowest BCUT2D eigenvalue weighted by Crippen LogP contribution is -2.43. The van der Waals surface area contributed by atoms with Crippen LogP contribution in [0.25, 0.3) is 56.3 Å². The van der Waals surface area contributed by atoms with Crippen molar-refractivity contribution < 1.29 is 117 Å². The van der Waals surface area contributed by atoms with Crippen LogP contribution in [0.4, 0.5) is 22.0 Å². The molecule has 4 N–H and O–H groups in total. The number of pyridine rings is 4. The number of aliphatic hydroxyl groups excluding tert-OH is 2. The Labute approximate surface area is 733 Å². The number of aliphatic hydroxyl groups is 2. The summed E-state index contributed by atoms with van der Waals surface area (Å²) in [6, 6.07) is 43.0. The van der Waals surface area contributed by atoms with Crippen LogP contribution in [0, 0.1) is 86.1 Å². The predicted molar refractivity (Wildman–Crippen MR) is 442 cm³/mol. The lowest BCUT2D eigenvalue weighted by Gasteiger charge is -2.26. The molecule has 11 heterocycles. The normalized spacial score (nSPS) is 14.5. The Kier molecular flexibility index (Phi) is 27.4. The molecule has 9 aromatic heterocycles. The zero-order valence-corrected chi connectivity index (χ0v) is 67.6. The standard InChI is InChI=1S/C21H20FN3O5S.C17H12FN3O2.C17H13FN2O4.2C11H10FNO2.C6H3ClN2.C4H9NO2S/c1-14-18(20(24-30-14)15-2-5-17(22)6-3-15)13-29-19-7-4-16(12-23-19)21(26)25-8-10-31(27,28)11-9-25;1-11-15(10-22-16-7-2-12(8-19)9-20-16)17(21-23-11)13-3-5-14(18)6-4-13;1-10-14(9-23-15-7-4-12(8-19-15)17(21)22)16(20-24-10)11-2-5-13(18)6-3-11;2*1-7-10(6-14)11(13-15-7)8-2-4-9(12)5-3-8;7-6-2-1-5(3-8)4-9-6;6-8(7)3-1-5-2-4-8/h2-7,12H,8-11,13H2,1H3;2-7,9H,10H2,1H3;2-8H,9H2,1H3,(H,21,22);2*2-5,14H,6H2,1H3;1-2,4H;5H,1-4H2/i4*1D3;;;. The lowest BCUT2D eigenvalue weighted by molar-refractivity contribution is 0.0695. The van der Waals surface area contributed by atoms with Gasteiger partial charge in [-0.2, -0.15) is 10.5 Å². The molecule has 0 saturated carbocycles. The van der Waals surface area contributed by atoms with E-state index in [0.717, 1.165) is 11.8 Å². The lowest BCUT2D eigenvalue weighted by atomic mass is 10.1. The minimum absolute atomic E-state index is 0.0116. The Morgan fingerprint density at radius 3 is 1.03 bits per heavy atom. The molecule has 16 rings (SSSR count). The number of hydrogen-bond acceptors (Lipinski definition) is 28. The number of halogens is 6. The summed E-state index contributed by atoms with van der Waals surface area (Å²) in [6.45, 7) is -8.22. The highest BCUT2D eigenvalue weighted by Gasteiger charge is 2.27. The number of carbonyl (C=O) groups excluding carboxylic acids is 1. The summed E-state index contributed by atoms with van der Waals surface area (Å²) in [5.74, 6) is -3.34. The number of aromatic nitrogens is 9. The van der Waals surface area contributed by atoms with Crippen molar-refractivity contribution >= 4 is 43.2 Å². The minimum Gasteiger partial charge on any atom is -0.478 e. The fourth-order valence-electron chi connectivity index (χ4n) is 10.9. The summed E-state index contributed by atoms with van der Waals surface area (Å²) >= 11 is 5.45. The molecular formula is C87H77ClF5N13O17S2. The number of nitrogens with zero attached hydrogens (tertiary/aromatic N) is 12. The number of benzene rings is 5. The number of amides is 1. The van der Waals surface area contributed by atoms with E-state index in [-0.39, 0.29) is 160 Å². The van der Waals surface area contributed by atoms with Gasteiger partial charge in [0.25, 0.3) is 5.91 Å². The van der Waals surface area contributed by atoms with E-state index in [9.17, 15) is 53.5 Å². The van der Waals surface area contributed by atoms with Gasteiger partial charge in [0, 0.05) is 125 Å². The quantitative estimate of drug-likeness (QED) is 0.0458. The van der Waals surface area contributed by atoms with E-state index in [1.807, 2.05) is 12.1 Å². The molecule has 30 nitrogen and oxygen atoms in total. The molecule has 38 heteroatoms. The van der Waals surface area contributed by atoms with E-state index in [1.54, 1.807) is 31.2 Å². The average molecular weight is 1780 g/mol. The topological polar surface area (TPSA) is 435 Å². The van der Waals surface area contributed by atoms with Gasteiger partial charge in [0.2, 0.25) is 17.6 Å². The Morgan fingerprint density at radius 2 is 0.744 bits per heavy atom. The molecule has 0 unspecified atom stereocenters. The van der Waals surface area contributed by atoms with Crippen molar-refractivity contribution in [3.63, 3.8) is 0 Å². The predicted octanol–water partition coefficient (Wildman–Crippen LogP) is 14.9. The molecule has 0 aliphatic carbocycles. The number of rotatable bonds is 18. The van der Waals surface area contributed by atoms with E-state index in [4.69, 9.17) is 85.6 Å². The highest BCUT2D eigenvalue weighted by Crippen LogP contribution is 2.32. The summed E-state index contributed by atoms with van der Waals surface area (Å²) in [7, 11) is -5.75. The van der Waals surface area contributed by atoms with Gasteiger partial charge in [-0.15, -0.1) is 0 Å². The summed E-state index contributed by atoms with van der Waals surface area (Å²) in [5, 5.41) is 66.6. The second-order valence-electron chi connectivity index (χ2n) is 26.0. The van der Waals surface area contributed by atoms with Crippen molar-refractivity contribution in [1.82, 2.24) is 55.9 Å². The number of ether oxygens (including phenoxy) is 3. The molecule has 1 amide bonds. The smallest absolute Gasteiger partial charge is 0.337 e. The van der Waals surface area contributed by atoms with E-state index in [1.165, 1.54) is 169 Å². The van der Waals surface area contributed by atoms with Crippen molar-refractivity contribution in [3.05, 3.63) is 308 Å². The molecular weight excluding hydrogens is 1690 g/mol. The number of hydrogen-bond donors (Lipinski definition) is 4. The third-order valence-corrected chi connectivity index (χ3v) is 21.1. The van der Waals surface area contributed by atoms with Crippen molar-refractivity contribution in [2.24, 2.45) is 0 Å². The molecule has 2 fully saturated rings. The number of carboxylic acids is 1. The Bertz CT molecular complexity index is 6720. The Morgan fingerprint density at radius 1 is 0.440 bits per heavy atom. The third kappa shape index (κ3) is 26.9. The van der Waals surface area contributed by atoms with Crippen molar-refractivity contribution in [2.75, 3.05) is 49.2 Å². The summed E-state index contributed by atoms with van der Waals surface area (Å²) in [6.07, 6.45) is 5.20. The van der Waals surface area contributed by atoms with E-state index < -0.39 is 82.9 Å². The molecule has 646 valence electrons. The van der Waals surface area contributed by atoms with Gasteiger partial charge >= 0.3 is 5.97 Å². The van der Waals surface area contributed by atoms with Gasteiger partial charge in [0.15, 0.2) is 19.7 Å². The highest BCUT2D eigenvalue weighted by atomic mass is 35.5. The van der Waals surface area contributed by atoms with Crippen LogP contribution in [0.15, 0.2) is 217 Å². The van der Waals surface area contributed by atoms with Crippen LogP contribution in [0.1, 0.15) is 105 Å². The second-order valence-corrected chi connectivity index (χ2v) is 31.0. The van der Waals surface area contributed by atoms with E-state index in [0.29, 0.717) is 80.1 Å². The molecule has 0 radical (unpaired) electrons. The molecule has 2 aliphatic rings. The molecule has 5 aromatic carbocycles. The largest absolute Gasteiger partial charge is 0.478 e. The number of carbonyl (C=O) groups is 2. The highest BCUT2D eigenvalue weighted by molar-refractivity contribution is 7.91. The van der Waals surface area contributed by atoms with Crippen LogP contribution in [0.5, 0.6) is 17.6 Å². The molecule has 2 aliphatic heterocycles. The first kappa shape index (κ1) is 76.9. The first-order chi connectivity index (χ1) is 64.8. The van der Waals surface area contributed by atoms with Crippen molar-refractivity contribution in [1.29, 1.82) is 10.5 Å². The molecule has 0 bridgehead atoms. The maximum atomic E-state index is 13.3. The van der Waals surface area contributed by atoms with Crippen LogP contribution in [-0.4, -0.2) is 144 Å². The van der Waals surface area contributed by atoms with Gasteiger partial charge in [-0.3, -0.25) is 4.79 Å². The van der Waals surface area contributed by atoms with Crippen LogP contribution in [-0.2, 0) is 52.7 Å². The van der Waals surface area contributed by atoms with Gasteiger partial charge in [-0.1, -0.05) is 37.4 Å². The molecule has 0 spiro atoms. The maximum absolute atomic E-state index is 13.3. The Hall–Kier alpha value is -14.2. The van der Waals surface area contributed by atoms with Crippen LogP contribution < -0.4 is 19.5 Å². The monoisotopic (exact) mass is 1780 g/mol. The SMILES string of the molecule is Cc1onc(-c2ccc(F)cc2)c1CO.N#Cc1ccc(Cl)nc1.O=S1(=O)CCNCC1.[2H]C([2H])([2H])c1onc(-c2ccc(F)cc2)c1CO.[2H]C([2H])([2H])c1onc(-c2ccc(F)cc2)c1COc1ccc(C#N)cn1.[2H]C([2H])([2H])c1onc(-c2ccc(F)cc2)c1COc1ccc(C(=O)N2CCS(=O)(=O)CC2)cn1.[2H]C([2H])([2H])c1onc(-c2ccc(F)cc2)c1COc1ccc(C(=O)O)cn1. The number of carboxylic acid groups (broad SMARTS) is 1. The summed E-state index contributed by atoms with van der Waals surface area (Å²) in [4.78, 5) is 40.5. The number of aromatic carboxylic acids is 1.